The Kier molecular flexibility index (Phi) is 5.11. The molecule has 0 amide bonds. The number of nitrogens with zero attached hydrogens (tertiary/aromatic N) is 1. The Balaban J connectivity index is 1.94. The minimum Gasteiger partial charge on any atom is -0.376 e. The predicted molar refractivity (Wildman–Crippen MR) is 71.8 cm³/mol. The van der Waals surface area contributed by atoms with Gasteiger partial charge in [0.2, 0.25) is 0 Å². The van der Waals surface area contributed by atoms with E-state index in [0.717, 1.165) is 37.7 Å². The highest BCUT2D eigenvalue weighted by molar-refractivity contribution is 6.30. The van der Waals surface area contributed by atoms with Crippen LogP contribution in [-0.2, 0) is 11.3 Å². The largest absolute Gasteiger partial charge is 0.376 e. The van der Waals surface area contributed by atoms with Crippen molar-refractivity contribution in [2.45, 2.75) is 19.1 Å². The van der Waals surface area contributed by atoms with Gasteiger partial charge in [0.05, 0.1) is 6.10 Å². The van der Waals surface area contributed by atoms with E-state index in [4.69, 9.17) is 27.9 Å². The topological polar surface area (TPSA) is 12.5 Å². The molecule has 0 bridgehead atoms. The molecule has 1 aliphatic heterocycles. The van der Waals surface area contributed by atoms with Crippen molar-refractivity contribution < 1.29 is 4.74 Å². The van der Waals surface area contributed by atoms with Crippen molar-refractivity contribution in [1.29, 1.82) is 0 Å². The van der Waals surface area contributed by atoms with Crippen molar-refractivity contribution in [3.63, 3.8) is 0 Å². The van der Waals surface area contributed by atoms with Crippen molar-refractivity contribution in [3.8, 4) is 0 Å². The van der Waals surface area contributed by atoms with Crippen LogP contribution in [0.15, 0.2) is 24.3 Å². The summed E-state index contributed by atoms with van der Waals surface area (Å²) in [6.07, 6.45) is 1.23. The van der Waals surface area contributed by atoms with Gasteiger partial charge in [-0.2, -0.15) is 0 Å². The summed E-state index contributed by atoms with van der Waals surface area (Å²) < 4.78 is 5.64. The van der Waals surface area contributed by atoms with Crippen LogP contribution in [0.4, 0.5) is 0 Å². The van der Waals surface area contributed by atoms with Gasteiger partial charge in [-0.15, -0.1) is 11.6 Å². The Morgan fingerprint density at radius 1 is 1.29 bits per heavy atom. The van der Waals surface area contributed by atoms with Crippen LogP contribution < -0.4 is 0 Å². The van der Waals surface area contributed by atoms with Crippen molar-refractivity contribution >= 4 is 23.2 Å². The molecule has 1 fully saturated rings. The van der Waals surface area contributed by atoms with Crippen molar-refractivity contribution in [3.05, 3.63) is 34.9 Å². The molecule has 94 valence electrons. The molecule has 0 spiro atoms. The zero-order chi connectivity index (χ0) is 12.1. The summed E-state index contributed by atoms with van der Waals surface area (Å²) >= 11 is 11.7. The monoisotopic (exact) mass is 273 g/mol. The molecule has 2 nitrogen and oxygen atoms in total. The number of halogens is 2. The SMILES string of the molecule is ClC[C@H]1CN(Cc2ccc(Cl)cc2)CCCO1. The second-order valence-corrected chi connectivity index (χ2v) is 5.11. The maximum atomic E-state index is 5.88. The van der Waals surface area contributed by atoms with Crippen molar-refractivity contribution in [2.24, 2.45) is 0 Å². The zero-order valence-electron chi connectivity index (χ0n) is 9.74. The second-order valence-electron chi connectivity index (χ2n) is 4.36. The fourth-order valence-electron chi connectivity index (χ4n) is 2.06. The maximum Gasteiger partial charge on any atom is 0.0837 e. The van der Waals surface area contributed by atoms with E-state index in [1.165, 1.54) is 5.56 Å². The van der Waals surface area contributed by atoms with Gasteiger partial charge in [0, 0.05) is 37.1 Å². The zero-order valence-corrected chi connectivity index (χ0v) is 11.3. The third-order valence-electron chi connectivity index (χ3n) is 2.93. The highest BCUT2D eigenvalue weighted by Gasteiger charge is 2.17. The van der Waals surface area contributed by atoms with Crippen LogP contribution in [0.5, 0.6) is 0 Å². The first kappa shape index (κ1) is 13.2. The van der Waals surface area contributed by atoms with Crippen molar-refractivity contribution in [1.82, 2.24) is 4.90 Å². The van der Waals surface area contributed by atoms with E-state index in [-0.39, 0.29) is 6.10 Å². The lowest BCUT2D eigenvalue weighted by Crippen LogP contribution is -2.32. The van der Waals surface area contributed by atoms with Gasteiger partial charge in [-0.3, -0.25) is 4.90 Å². The Morgan fingerprint density at radius 2 is 2.06 bits per heavy atom. The van der Waals surface area contributed by atoms with Gasteiger partial charge in [-0.1, -0.05) is 23.7 Å². The summed E-state index contributed by atoms with van der Waals surface area (Å²) in [6, 6.07) is 8.02. The Morgan fingerprint density at radius 3 is 2.76 bits per heavy atom. The van der Waals surface area contributed by atoms with Crippen LogP contribution in [0.1, 0.15) is 12.0 Å². The standard InChI is InChI=1S/C13H17Cl2NO/c14-8-13-10-16(6-1-7-17-13)9-11-2-4-12(15)5-3-11/h2-5,13H,1,6-10H2/t13-/m0/s1. The maximum absolute atomic E-state index is 5.88. The highest BCUT2D eigenvalue weighted by atomic mass is 35.5. The molecule has 1 atom stereocenters. The van der Waals surface area contributed by atoms with Gasteiger partial charge in [-0.05, 0) is 24.1 Å². The molecule has 1 aromatic carbocycles. The average Bonchev–Trinajstić information content (AvgIpc) is 2.57. The average molecular weight is 274 g/mol. The number of benzene rings is 1. The highest BCUT2D eigenvalue weighted by Crippen LogP contribution is 2.14. The molecule has 0 aromatic heterocycles. The molecule has 1 saturated heterocycles. The summed E-state index contributed by atoms with van der Waals surface area (Å²) in [5, 5.41) is 0.784. The third-order valence-corrected chi connectivity index (χ3v) is 3.52. The van der Waals surface area contributed by atoms with Gasteiger partial charge >= 0.3 is 0 Å². The number of rotatable bonds is 3. The summed E-state index contributed by atoms with van der Waals surface area (Å²) in [6.45, 7) is 3.73. The molecular weight excluding hydrogens is 257 g/mol. The summed E-state index contributed by atoms with van der Waals surface area (Å²) in [7, 11) is 0. The molecular formula is C13H17Cl2NO. The fourth-order valence-corrected chi connectivity index (χ4v) is 2.37. The van der Waals surface area contributed by atoms with Gasteiger partial charge in [-0.25, -0.2) is 0 Å². The summed E-state index contributed by atoms with van der Waals surface area (Å²) in [4.78, 5) is 2.39. The number of ether oxygens (including phenoxy) is 1. The quantitative estimate of drug-likeness (QED) is 0.785. The van der Waals surface area contributed by atoms with E-state index in [9.17, 15) is 0 Å². The Bertz CT molecular complexity index is 342. The molecule has 2 rings (SSSR count). The fraction of sp³-hybridized carbons (Fsp3) is 0.538. The molecule has 4 heteroatoms. The number of alkyl halides is 1. The van der Waals surface area contributed by atoms with Gasteiger partial charge in [0.25, 0.3) is 0 Å². The van der Waals surface area contributed by atoms with Crippen LogP contribution in [-0.4, -0.2) is 36.6 Å². The lowest BCUT2D eigenvalue weighted by atomic mass is 10.2. The lowest BCUT2D eigenvalue weighted by molar-refractivity contribution is 0.0691. The molecule has 1 heterocycles. The van der Waals surface area contributed by atoms with Crippen LogP contribution >= 0.6 is 23.2 Å². The molecule has 0 saturated carbocycles. The molecule has 0 N–H and O–H groups in total. The van der Waals surface area contributed by atoms with E-state index >= 15 is 0 Å². The third kappa shape index (κ3) is 4.14. The first-order chi connectivity index (χ1) is 8.28. The van der Waals surface area contributed by atoms with E-state index in [2.05, 4.69) is 17.0 Å². The van der Waals surface area contributed by atoms with Crippen LogP contribution in [0, 0.1) is 0 Å². The predicted octanol–water partition coefficient (Wildman–Crippen LogP) is 3.17. The van der Waals surface area contributed by atoms with Crippen molar-refractivity contribution in [2.75, 3.05) is 25.6 Å². The Hall–Kier alpha value is -0.280. The van der Waals surface area contributed by atoms with E-state index < -0.39 is 0 Å². The second kappa shape index (κ2) is 6.60. The van der Waals surface area contributed by atoms with Crippen LogP contribution in [0.2, 0.25) is 5.02 Å². The van der Waals surface area contributed by atoms with Gasteiger partial charge in [0.1, 0.15) is 0 Å². The van der Waals surface area contributed by atoms with Gasteiger partial charge in [0.15, 0.2) is 0 Å². The van der Waals surface area contributed by atoms with E-state index in [1.54, 1.807) is 0 Å². The van der Waals surface area contributed by atoms with Gasteiger partial charge < -0.3 is 4.74 Å². The first-order valence-electron chi connectivity index (χ1n) is 5.92. The normalized spacial score (nSPS) is 22.4. The lowest BCUT2D eigenvalue weighted by Gasteiger charge is -2.22. The molecule has 0 unspecified atom stereocenters. The van der Waals surface area contributed by atoms with E-state index in [0.29, 0.717) is 5.88 Å². The molecule has 1 aliphatic rings. The Labute approximate surface area is 112 Å². The molecule has 17 heavy (non-hydrogen) atoms. The minimum atomic E-state index is 0.159. The van der Waals surface area contributed by atoms with E-state index in [1.807, 2.05) is 12.1 Å². The molecule has 0 radical (unpaired) electrons. The number of hydrogen-bond donors (Lipinski definition) is 0. The van der Waals surface area contributed by atoms with Crippen LogP contribution in [0.3, 0.4) is 0 Å². The van der Waals surface area contributed by atoms with Crippen LogP contribution in [0.25, 0.3) is 0 Å². The number of hydrogen-bond acceptors (Lipinski definition) is 2. The smallest absolute Gasteiger partial charge is 0.0837 e. The first-order valence-corrected chi connectivity index (χ1v) is 6.83. The minimum absolute atomic E-state index is 0.159. The molecule has 1 aromatic rings. The summed E-state index contributed by atoms with van der Waals surface area (Å²) in [5.74, 6) is 0.567. The molecule has 0 aliphatic carbocycles. The summed E-state index contributed by atoms with van der Waals surface area (Å²) in [5.41, 5.74) is 1.28.